The third-order valence-corrected chi connectivity index (χ3v) is 3.20. The molecule has 0 radical (unpaired) electrons. The summed E-state index contributed by atoms with van der Waals surface area (Å²) < 4.78 is 15.6. The van der Waals surface area contributed by atoms with Crippen LogP contribution in [-0.4, -0.2) is 29.2 Å². The van der Waals surface area contributed by atoms with E-state index in [0.717, 1.165) is 0 Å². The van der Waals surface area contributed by atoms with Gasteiger partial charge in [-0.1, -0.05) is 0 Å². The van der Waals surface area contributed by atoms with E-state index in [2.05, 4.69) is 0 Å². The average molecular weight is 252 g/mol. The number of carbonyl (C=O) groups is 1. The first-order valence-corrected chi connectivity index (χ1v) is 5.71. The number of hydrogen-bond donors (Lipinski definition) is 1. The van der Waals surface area contributed by atoms with E-state index in [1.165, 1.54) is 6.07 Å². The lowest BCUT2D eigenvalue weighted by molar-refractivity contribution is 0.0278. The Morgan fingerprint density at radius 1 is 1.22 bits per heavy atom. The van der Waals surface area contributed by atoms with Gasteiger partial charge >= 0.3 is 5.63 Å². The van der Waals surface area contributed by atoms with Crippen LogP contribution in [0.4, 0.5) is 0 Å². The molecule has 96 valence electrons. The second-order valence-corrected chi connectivity index (χ2v) is 4.57. The lowest BCUT2D eigenvalue weighted by atomic mass is 10.00. The third kappa shape index (κ3) is 1.57. The molecule has 6 nitrogen and oxygen atoms in total. The van der Waals surface area contributed by atoms with Gasteiger partial charge in [-0.2, -0.15) is 0 Å². The van der Waals surface area contributed by atoms with Crippen LogP contribution in [0.15, 0.2) is 15.3 Å². The van der Waals surface area contributed by atoms with Gasteiger partial charge in [0, 0.05) is 6.07 Å². The number of Topliss-reactive ketones (excluding diaryl/α,β-unsaturated/α-hetero) is 1. The van der Waals surface area contributed by atoms with E-state index in [-0.39, 0.29) is 23.5 Å². The molecule has 1 N–H and O–H groups in total. The van der Waals surface area contributed by atoms with Crippen LogP contribution < -0.4 is 10.4 Å². The quantitative estimate of drug-likeness (QED) is 0.729. The number of epoxide rings is 1. The maximum atomic E-state index is 11.8. The molecule has 1 fully saturated rings. The molecule has 0 aromatic carbocycles. The molecule has 6 heteroatoms. The van der Waals surface area contributed by atoms with E-state index in [0.29, 0.717) is 5.76 Å². The van der Waals surface area contributed by atoms with Crippen LogP contribution in [0, 0.1) is 0 Å². The highest BCUT2D eigenvalue weighted by Crippen LogP contribution is 2.39. The van der Waals surface area contributed by atoms with Gasteiger partial charge in [0.15, 0.2) is 6.10 Å². The van der Waals surface area contributed by atoms with Crippen molar-refractivity contribution in [2.45, 2.75) is 38.3 Å². The molecule has 18 heavy (non-hydrogen) atoms. The minimum Gasteiger partial charge on any atom is -0.486 e. The number of hydrogen-bond acceptors (Lipinski definition) is 6. The van der Waals surface area contributed by atoms with Crippen molar-refractivity contribution >= 4 is 5.78 Å². The zero-order valence-electron chi connectivity index (χ0n) is 9.88. The van der Waals surface area contributed by atoms with Crippen LogP contribution in [0.3, 0.4) is 0 Å². The summed E-state index contributed by atoms with van der Waals surface area (Å²) in [4.78, 5) is 23.5. The van der Waals surface area contributed by atoms with Crippen molar-refractivity contribution in [3.63, 3.8) is 0 Å². The Morgan fingerprint density at radius 2 is 1.89 bits per heavy atom. The fraction of sp³-hybridized carbons (Fsp3) is 0.500. The first-order valence-electron chi connectivity index (χ1n) is 5.71. The zero-order chi connectivity index (χ0) is 13.0. The monoisotopic (exact) mass is 252 g/mol. The second kappa shape index (κ2) is 3.66. The minimum atomic E-state index is -1.33. The van der Waals surface area contributed by atoms with E-state index >= 15 is 0 Å². The molecule has 0 saturated carbocycles. The summed E-state index contributed by atoms with van der Waals surface area (Å²) in [5, 5.41) is 9.57. The van der Waals surface area contributed by atoms with Crippen LogP contribution >= 0.6 is 0 Å². The lowest BCUT2D eigenvalue weighted by Gasteiger charge is -2.25. The number of fused-ring (bicyclic) bond motifs is 1. The van der Waals surface area contributed by atoms with E-state index in [1.54, 1.807) is 6.92 Å². The summed E-state index contributed by atoms with van der Waals surface area (Å²) in [6.45, 7) is 3.42. The van der Waals surface area contributed by atoms with Crippen LogP contribution in [0.1, 0.15) is 36.1 Å². The highest BCUT2D eigenvalue weighted by Gasteiger charge is 2.42. The van der Waals surface area contributed by atoms with Crippen molar-refractivity contribution in [1.29, 1.82) is 0 Å². The van der Waals surface area contributed by atoms with E-state index < -0.39 is 23.6 Å². The van der Waals surface area contributed by atoms with Gasteiger partial charge in [-0.15, -0.1) is 0 Å². The maximum Gasteiger partial charge on any atom is 0.350 e. The normalized spacial score (nSPS) is 33.8. The maximum absolute atomic E-state index is 11.8. The lowest BCUT2D eigenvalue weighted by Crippen LogP contribution is -2.42. The molecule has 4 atom stereocenters. The van der Waals surface area contributed by atoms with Crippen molar-refractivity contribution in [2.75, 3.05) is 0 Å². The molecule has 1 aromatic heterocycles. The molecule has 2 aliphatic heterocycles. The smallest absolute Gasteiger partial charge is 0.350 e. The van der Waals surface area contributed by atoms with Gasteiger partial charge in [0.1, 0.15) is 29.3 Å². The molecule has 3 rings (SSSR count). The van der Waals surface area contributed by atoms with Gasteiger partial charge in [0.05, 0.1) is 6.10 Å². The van der Waals surface area contributed by atoms with Crippen LogP contribution in [-0.2, 0) is 4.74 Å². The van der Waals surface area contributed by atoms with Crippen molar-refractivity contribution in [3.8, 4) is 5.75 Å². The van der Waals surface area contributed by atoms with Crippen molar-refractivity contribution in [2.24, 2.45) is 0 Å². The molecule has 0 amide bonds. The number of ketones is 1. The molecule has 3 heterocycles. The van der Waals surface area contributed by atoms with Gasteiger partial charge in [-0.25, -0.2) is 4.79 Å². The van der Waals surface area contributed by atoms with Crippen molar-refractivity contribution in [3.05, 3.63) is 27.8 Å². The molecule has 0 bridgehead atoms. The summed E-state index contributed by atoms with van der Waals surface area (Å²) in [6, 6.07) is 1.49. The van der Waals surface area contributed by atoms with Crippen LogP contribution in [0.5, 0.6) is 5.75 Å². The second-order valence-electron chi connectivity index (χ2n) is 4.57. The molecular weight excluding hydrogens is 240 g/mol. The van der Waals surface area contributed by atoms with E-state index in [1.807, 2.05) is 6.92 Å². The van der Waals surface area contributed by atoms with Gasteiger partial charge in [-0.3, -0.25) is 4.79 Å². The van der Waals surface area contributed by atoms with Gasteiger partial charge in [0.25, 0.3) is 0 Å². The number of ether oxygens (including phenoxy) is 2. The summed E-state index contributed by atoms with van der Waals surface area (Å²) in [6.07, 6.45) is -2.28. The first-order chi connectivity index (χ1) is 8.49. The van der Waals surface area contributed by atoms with Gasteiger partial charge in [-0.05, 0) is 13.8 Å². The Bertz CT molecular complexity index is 574. The van der Waals surface area contributed by atoms with Crippen LogP contribution in [0.25, 0.3) is 0 Å². The minimum absolute atomic E-state index is 0.00601. The summed E-state index contributed by atoms with van der Waals surface area (Å²) in [7, 11) is 0. The highest BCUT2D eigenvalue weighted by atomic mass is 16.6. The van der Waals surface area contributed by atoms with Gasteiger partial charge in [0.2, 0.25) is 5.78 Å². The molecule has 1 saturated heterocycles. The predicted octanol–water partition coefficient (Wildman–Crippen LogP) is 0.424. The molecular formula is C12H12O6. The Hall–Kier alpha value is -1.66. The summed E-state index contributed by atoms with van der Waals surface area (Å²) in [5.41, 5.74) is -1.01. The molecule has 0 aliphatic carbocycles. The zero-order valence-corrected chi connectivity index (χ0v) is 9.88. The standard InChI is InChI=1S/C12H12O6/c1-4-9(13)10(14)8-6(16-4)3-7(18-12(8)15)11-5(2)17-11/h3-5,9,11,13H,1-2H3/t4-,5+,9-,11-/m0/s1. The number of carbonyl (C=O) groups excluding carboxylic acids is 1. The topological polar surface area (TPSA) is 89.3 Å². The molecule has 0 unspecified atom stereocenters. The Kier molecular flexibility index (Phi) is 2.33. The summed E-state index contributed by atoms with van der Waals surface area (Å²) >= 11 is 0. The Balaban J connectivity index is 2.10. The number of aliphatic hydroxyl groups is 1. The van der Waals surface area contributed by atoms with Crippen molar-refractivity contribution in [1.82, 2.24) is 0 Å². The molecule has 0 spiro atoms. The Morgan fingerprint density at radius 3 is 2.50 bits per heavy atom. The van der Waals surface area contributed by atoms with Crippen LogP contribution in [0.2, 0.25) is 0 Å². The fourth-order valence-electron chi connectivity index (χ4n) is 2.05. The average Bonchev–Trinajstić information content (AvgIpc) is 3.02. The molecule has 2 aliphatic rings. The highest BCUT2D eigenvalue weighted by molar-refractivity contribution is 6.02. The largest absolute Gasteiger partial charge is 0.486 e. The number of aliphatic hydroxyl groups excluding tert-OH is 1. The molecule has 1 aromatic rings. The SMILES string of the molecule is C[C@@H]1Oc2cc([C@H]3O[C@@H]3C)oc(=O)c2C(=O)[C@H]1O. The van der Waals surface area contributed by atoms with Crippen molar-refractivity contribution < 1.29 is 23.8 Å². The number of rotatable bonds is 1. The predicted molar refractivity (Wildman–Crippen MR) is 58.7 cm³/mol. The fourth-order valence-corrected chi connectivity index (χ4v) is 2.05. The first kappa shape index (κ1) is 11.4. The van der Waals surface area contributed by atoms with E-state index in [4.69, 9.17) is 13.9 Å². The Labute approximate surface area is 102 Å². The van der Waals surface area contributed by atoms with E-state index in [9.17, 15) is 14.7 Å². The third-order valence-electron chi connectivity index (χ3n) is 3.20. The van der Waals surface area contributed by atoms with Gasteiger partial charge < -0.3 is 19.0 Å². The summed E-state index contributed by atoms with van der Waals surface area (Å²) in [5.74, 6) is -0.150.